The van der Waals surface area contributed by atoms with Crippen LogP contribution >= 0.6 is 11.8 Å². The lowest BCUT2D eigenvalue weighted by Crippen LogP contribution is -2.50. The summed E-state index contributed by atoms with van der Waals surface area (Å²) in [4.78, 5) is 21.9. The van der Waals surface area contributed by atoms with Gasteiger partial charge in [0.25, 0.3) is 0 Å². The Bertz CT molecular complexity index is 1250. The molecule has 8 heteroatoms. The summed E-state index contributed by atoms with van der Waals surface area (Å²) in [7, 11) is 0. The molecule has 4 rings (SSSR count). The monoisotopic (exact) mass is 538 g/mol. The van der Waals surface area contributed by atoms with Crippen LogP contribution in [0.2, 0.25) is 0 Å². The molecule has 1 N–H and O–H groups in total. The number of carbonyl (C=O) groups excluding carboxylic acids is 1. The van der Waals surface area contributed by atoms with Gasteiger partial charge in [0.1, 0.15) is 11.2 Å². The summed E-state index contributed by atoms with van der Waals surface area (Å²) in [6.07, 6.45) is 2.31. The molecule has 38 heavy (non-hydrogen) atoms. The van der Waals surface area contributed by atoms with Crippen LogP contribution in [0.4, 0.5) is 5.69 Å². The summed E-state index contributed by atoms with van der Waals surface area (Å²) in [5.74, 6) is 1.89. The van der Waals surface area contributed by atoms with E-state index in [2.05, 4.69) is 78.6 Å². The van der Waals surface area contributed by atoms with Crippen molar-refractivity contribution in [2.24, 2.45) is 0 Å². The van der Waals surface area contributed by atoms with E-state index in [-0.39, 0.29) is 5.91 Å². The molecule has 0 spiro atoms. The second-order valence-electron chi connectivity index (χ2n) is 10.3. The van der Waals surface area contributed by atoms with Gasteiger partial charge in [-0.15, -0.1) is 0 Å². The van der Waals surface area contributed by atoms with Crippen LogP contribution in [-0.2, 0) is 4.79 Å². The van der Waals surface area contributed by atoms with Crippen molar-refractivity contribution in [3.63, 3.8) is 0 Å². The van der Waals surface area contributed by atoms with E-state index in [4.69, 9.17) is 9.40 Å². The highest BCUT2D eigenvalue weighted by Gasteiger charge is 2.23. The van der Waals surface area contributed by atoms with E-state index >= 15 is 0 Å². The lowest BCUT2D eigenvalue weighted by Gasteiger charge is -2.26. The topological polar surface area (TPSA) is 64.6 Å². The van der Waals surface area contributed by atoms with Crippen LogP contribution in [0.3, 0.4) is 0 Å². The average molecular weight is 539 g/mol. The molecule has 0 saturated carbocycles. The second-order valence-corrected chi connectivity index (χ2v) is 12.0. The minimum Gasteiger partial charge on any atom is -0.452 e. The quantitative estimate of drug-likeness (QED) is 0.223. The first-order valence-electron chi connectivity index (χ1n) is 14.2. The Kier molecular flexibility index (Phi) is 9.71. The van der Waals surface area contributed by atoms with E-state index in [0.717, 1.165) is 98.0 Å². The molecule has 206 valence electrons. The predicted molar refractivity (Wildman–Crippen MR) is 160 cm³/mol. The maximum absolute atomic E-state index is 12.5. The zero-order chi connectivity index (χ0) is 27.1. The van der Waals surface area contributed by atoms with Gasteiger partial charge in [0.05, 0.1) is 25.7 Å². The fraction of sp³-hybridized carbons (Fsp3) is 0.567. The molecule has 0 bridgehead atoms. The van der Waals surface area contributed by atoms with Crippen molar-refractivity contribution >= 4 is 34.5 Å². The number of hydrogen-bond donors (Lipinski definition) is 1. The zero-order valence-corrected chi connectivity index (χ0v) is 24.6. The van der Waals surface area contributed by atoms with E-state index in [1.165, 1.54) is 0 Å². The Labute approximate surface area is 231 Å². The molecule has 1 aromatic carbocycles. The third-order valence-corrected chi connectivity index (χ3v) is 9.63. The first-order valence-corrected chi connectivity index (χ1v) is 15.2. The summed E-state index contributed by atoms with van der Waals surface area (Å²) in [5, 5.41) is 4.25. The molecule has 0 aromatic heterocycles. The first kappa shape index (κ1) is 28.4. The van der Waals surface area contributed by atoms with Crippen molar-refractivity contribution in [2.75, 3.05) is 63.0 Å². The molecule has 1 fully saturated rings. The van der Waals surface area contributed by atoms with Gasteiger partial charge in [-0.1, -0.05) is 20.8 Å². The number of thioether (sulfide) groups is 1. The van der Waals surface area contributed by atoms with Crippen LogP contribution in [0.15, 0.2) is 40.8 Å². The Morgan fingerprint density at radius 2 is 1.84 bits per heavy atom. The van der Waals surface area contributed by atoms with Gasteiger partial charge in [0.2, 0.25) is 11.3 Å². The molecular formula is C30H44N5O2S+. The van der Waals surface area contributed by atoms with Gasteiger partial charge in [-0.2, -0.15) is 11.8 Å². The standard InChI is InChI=1S/C30H43N5O2S/c1-6-30(5,7-2)38-19-14-31-29(36)22-33-15-17-35(18-16-33)24-11-13-26-28(21-24)37-27-20-23(34(8-3)9-4)10-12-25(27)32-26/h10-13,20-21H,6-9,14-19,22H2,1-5H3/p+1. The van der Waals surface area contributed by atoms with Gasteiger partial charge in [-0.25, -0.2) is 9.56 Å². The molecule has 1 saturated heterocycles. The Hall–Kier alpha value is -2.58. The summed E-state index contributed by atoms with van der Waals surface area (Å²) >= 11 is 1.97. The third-order valence-electron chi connectivity index (χ3n) is 7.95. The largest absolute Gasteiger partial charge is 0.452 e. The molecule has 3 aliphatic rings. The maximum atomic E-state index is 12.5. The van der Waals surface area contributed by atoms with Gasteiger partial charge in [-0.05, 0) is 44.9 Å². The van der Waals surface area contributed by atoms with Crippen molar-refractivity contribution in [3.8, 4) is 11.5 Å². The molecule has 1 amide bonds. The average Bonchev–Trinajstić information content (AvgIpc) is 2.95. The van der Waals surface area contributed by atoms with Crippen molar-refractivity contribution in [2.45, 2.75) is 52.2 Å². The van der Waals surface area contributed by atoms with Gasteiger partial charge in [-0.3, -0.25) is 9.69 Å². The van der Waals surface area contributed by atoms with Crippen LogP contribution in [0.5, 0.6) is 0 Å². The van der Waals surface area contributed by atoms with Crippen molar-refractivity contribution in [3.05, 3.63) is 41.8 Å². The molecule has 2 heterocycles. The number of rotatable bonds is 11. The van der Waals surface area contributed by atoms with Crippen molar-refractivity contribution < 1.29 is 9.21 Å². The fourth-order valence-electron chi connectivity index (χ4n) is 4.95. The lowest BCUT2D eigenvalue weighted by molar-refractivity contribution is -0.122. The van der Waals surface area contributed by atoms with Gasteiger partial charge >= 0.3 is 0 Å². The van der Waals surface area contributed by atoms with Gasteiger partial charge in [0.15, 0.2) is 24.4 Å². The van der Waals surface area contributed by atoms with Gasteiger partial charge < -0.3 is 14.6 Å². The Morgan fingerprint density at radius 1 is 1.11 bits per heavy atom. The molecule has 1 aromatic rings. The summed E-state index contributed by atoms with van der Waals surface area (Å²) < 4.78 is 9.01. The number of amides is 1. The smallest absolute Gasteiger partial charge is 0.234 e. The first-order chi connectivity index (χ1) is 18.4. The van der Waals surface area contributed by atoms with Crippen LogP contribution in [0.1, 0.15) is 47.5 Å². The summed E-state index contributed by atoms with van der Waals surface area (Å²) in [6.45, 7) is 17.7. The van der Waals surface area contributed by atoms with Crippen molar-refractivity contribution in [1.82, 2.24) is 19.8 Å². The van der Waals surface area contributed by atoms with E-state index in [9.17, 15) is 4.79 Å². The zero-order valence-electron chi connectivity index (χ0n) is 23.8. The number of aromatic nitrogens is 1. The minimum absolute atomic E-state index is 0.125. The molecule has 2 aliphatic heterocycles. The SMILES string of the molecule is CCN(CC)c1ccc2nc3ccc(=[N+]4CCN(CC(=O)NCCSC(C)(CC)CC)CC4)cc-3oc2c1. The van der Waals surface area contributed by atoms with Crippen LogP contribution < -0.4 is 20.1 Å². The van der Waals surface area contributed by atoms with E-state index in [1.807, 2.05) is 23.9 Å². The number of fused-ring (bicyclic) bond motifs is 2. The normalized spacial score (nSPS) is 14.8. The highest BCUT2D eigenvalue weighted by atomic mass is 32.2. The number of benzene rings is 2. The van der Waals surface area contributed by atoms with E-state index in [0.29, 0.717) is 11.3 Å². The Morgan fingerprint density at radius 3 is 2.53 bits per heavy atom. The van der Waals surface area contributed by atoms with E-state index in [1.54, 1.807) is 0 Å². The molecule has 1 aliphatic carbocycles. The number of hydrogen-bond acceptors (Lipinski definition) is 6. The van der Waals surface area contributed by atoms with Gasteiger partial charge in [0, 0.05) is 48.0 Å². The molecule has 7 nitrogen and oxygen atoms in total. The molecular weight excluding hydrogens is 494 g/mol. The van der Waals surface area contributed by atoms with Crippen LogP contribution in [-0.4, -0.2) is 78.6 Å². The number of nitrogens with zero attached hydrogens (tertiary/aromatic N) is 4. The Balaban J connectivity index is 1.37. The highest BCUT2D eigenvalue weighted by Crippen LogP contribution is 2.31. The highest BCUT2D eigenvalue weighted by molar-refractivity contribution is 8.00. The number of anilines is 1. The molecule has 0 unspecified atom stereocenters. The summed E-state index contributed by atoms with van der Waals surface area (Å²) in [5.41, 5.74) is 3.70. The molecule has 0 radical (unpaired) electrons. The maximum Gasteiger partial charge on any atom is 0.234 e. The number of piperazine rings is 1. The third kappa shape index (κ3) is 6.89. The van der Waals surface area contributed by atoms with Crippen molar-refractivity contribution in [1.29, 1.82) is 0 Å². The predicted octanol–water partition coefficient (Wildman–Crippen LogP) is 4.29. The van der Waals surface area contributed by atoms with Crippen LogP contribution in [0.25, 0.3) is 22.6 Å². The lowest BCUT2D eigenvalue weighted by atomic mass is 10.1. The second kappa shape index (κ2) is 13.0. The number of carbonyl (C=O) groups is 1. The molecule has 0 atom stereocenters. The number of nitrogens with one attached hydrogen (secondary N) is 1. The van der Waals surface area contributed by atoms with Crippen LogP contribution in [0, 0.1) is 0 Å². The van der Waals surface area contributed by atoms with E-state index < -0.39 is 0 Å². The summed E-state index contributed by atoms with van der Waals surface area (Å²) in [6, 6.07) is 12.5. The fourth-order valence-corrected chi connectivity index (χ4v) is 6.05. The minimum atomic E-state index is 0.125.